The van der Waals surface area contributed by atoms with Crippen molar-refractivity contribution in [3.05, 3.63) is 33.8 Å². The number of hydrogen-bond acceptors (Lipinski definition) is 2. The Hall–Kier alpha value is -0.830. The van der Waals surface area contributed by atoms with Crippen LogP contribution < -0.4 is 0 Å². The smallest absolute Gasteiger partial charge is 0.309 e. The Bertz CT molecular complexity index is 300. The van der Waals surface area contributed by atoms with Crippen molar-refractivity contribution in [2.24, 2.45) is 0 Å². The highest BCUT2D eigenvalue weighted by atomic mass is 79.9. The quantitative estimate of drug-likeness (QED) is 0.746. The van der Waals surface area contributed by atoms with Gasteiger partial charge in [-0.3, -0.25) is 4.79 Å². The second-order valence-electron chi connectivity index (χ2n) is 2.89. The maximum Gasteiger partial charge on any atom is 0.309 e. The van der Waals surface area contributed by atoms with Crippen LogP contribution in [0.25, 0.3) is 0 Å². The molecule has 0 radical (unpaired) electrons. The molecule has 0 heterocycles. The number of halogens is 1. The standard InChI is InChI=1S/C10H11BrO2/c1-7-3-8(5-9(11)4-7)6-10(12)13-2/h3-5H,6H2,1-2H3. The third kappa shape index (κ3) is 3.19. The van der Waals surface area contributed by atoms with Gasteiger partial charge in [0.25, 0.3) is 0 Å². The first kappa shape index (κ1) is 10.3. The fourth-order valence-corrected chi connectivity index (χ4v) is 1.81. The van der Waals surface area contributed by atoms with Gasteiger partial charge in [-0.15, -0.1) is 0 Å². The molecule has 0 aliphatic carbocycles. The highest BCUT2D eigenvalue weighted by molar-refractivity contribution is 9.10. The van der Waals surface area contributed by atoms with Crippen LogP contribution in [0.4, 0.5) is 0 Å². The summed E-state index contributed by atoms with van der Waals surface area (Å²) in [5, 5.41) is 0. The van der Waals surface area contributed by atoms with Gasteiger partial charge in [-0.1, -0.05) is 22.0 Å². The molecular weight excluding hydrogens is 232 g/mol. The van der Waals surface area contributed by atoms with Crippen molar-refractivity contribution in [2.45, 2.75) is 13.3 Å². The molecular formula is C10H11BrO2. The number of aryl methyl sites for hydroxylation is 1. The Balaban J connectivity index is 2.83. The first-order chi connectivity index (χ1) is 6.11. The Morgan fingerprint density at radius 1 is 1.46 bits per heavy atom. The summed E-state index contributed by atoms with van der Waals surface area (Å²) in [5.41, 5.74) is 2.10. The molecule has 70 valence electrons. The minimum absolute atomic E-state index is 0.211. The molecule has 0 unspecified atom stereocenters. The zero-order chi connectivity index (χ0) is 9.84. The molecule has 1 aromatic rings. The molecule has 1 aromatic carbocycles. The maximum absolute atomic E-state index is 11.0. The summed E-state index contributed by atoms with van der Waals surface area (Å²) in [7, 11) is 1.40. The van der Waals surface area contributed by atoms with Crippen molar-refractivity contribution in [3.8, 4) is 0 Å². The zero-order valence-electron chi connectivity index (χ0n) is 7.63. The van der Waals surface area contributed by atoms with Crippen LogP contribution in [-0.4, -0.2) is 13.1 Å². The lowest BCUT2D eigenvalue weighted by atomic mass is 10.1. The van der Waals surface area contributed by atoms with Crippen LogP contribution >= 0.6 is 15.9 Å². The summed E-state index contributed by atoms with van der Waals surface area (Å²) in [6.45, 7) is 1.99. The van der Waals surface area contributed by atoms with Crippen molar-refractivity contribution >= 4 is 21.9 Å². The monoisotopic (exact) mass is 242 g/mol. The summed E-state index contributed by atoms with van der Waals surface area (Å²) in [6.07, 6.45) is 0.330. The molecule has 0 amide bonds. The van der Waals surface area contributed by atoms with E-state index in [4.69, 9.17) is 0 Å². The van der Waals surface area contributed by atoms with Gasteiger partial charge in [-0.25, -0.2) is 0 Å². The first-order valence-electron chi connectivity index (χ1n) is 3.94. The predicted molar refractivity (Wildman–Crippen MR) is 54.6 cm³/mol. The molecule has 2 nitrogen and oxygen atoms in total. The second-order valence-corrected chi connectivity index (χ2v) is 3.81. The van der Waals surface area contributed by atoms with Gasteiger partial charge in [0, 0.05) is 4.47 Å². The van der Waals surface area contributed by atoms with Crippen molar-refractivity contribution in [1.82, 2.24) is 0 Å². The lowest BCUT2D eigenvalue weighted by Crippen LogP contribution is -2.04. The van der Waals surface area contributed by atoms with Gasteiger partial charge in [0.05, 0.1) is 13.5 Å². The van der Waals surface area contributed by atoms with E-state index in [0.717, 1.165) is 15.6 Å². The number of benzene rings is 1. The minimum atomic E-state index is -0.211. The number of carbonyl (C=O) groups is 1. The minimum Gasteiger partial charge on any atom is -0.469 e. The number of rotatable bonds is 2. The topological polar surface area (TPSA) is 26.3 Å². The van der Waals surface area contributed by atoms with E-state index in [1.807, 2.05) is 25.1 Å². The van der Waals surface area contributed by atoms with E-state index in [1.54, 1.807) is 0 Å². The van der Waals surface area contributed by atoms with Gasteiger partial charge in [-0.2, -0.15) is 0 Å². The molecule has 0 bridgehead atoms. The van der Waals surface area contributed by atoms with Crippen LogP contribution in [0.1, 0.15) is 11.1 Å². The van der Waals surface area contributed by atoms with Crippen LogP contribution in [0.3, 0.4) is 0 Å². The molecule has 0 spiro atoms. The molecule has 13 heavy (non-hydrogen) atoms. The number of hydrogen-bond donors (Lipinski definition) is 0. The molecule has 0 saturated carbocycles. The molecule has 0 N–H and O–H groups in total. The molecule has 0 fully saturated rings. The summed E-state index contributed by atoms with van der Waals surface area (Å²) in [4.78, 5) is 11.0. The van der Waals surface area contributed by atoms with E-state index in [-0.39, 0.29) is 5.97 Å². The summed E-state index contributed by atoms with van der Waals surface area (Å²) < 4.78 is 5.57. The van der Waals surface area contributed by atoms with Crippen LogP contribution in [0.2, 0.25) is 0 Å². The van der Waals surface area contributed by atoms with Crippen LogP contribution in [-0.2, 0) is 16.0 Å². The van der Waals surface area contributed by atoms with E-state index >= 15 is 0 Å². The van der Waals surface area contributed by atoms with E-state index in [9.17, 15) is 4.79 Å². The average Bonchev–Trinajstić information content (AvgIpc) is 2.02. The third-order valence-corrected chi connectivity index (χ3v) is 2.14. The average molecular weight is 243 g/mol. The van der Waals surface area contributed by atoms with Crippen LogP contribution in [0.5, 0.6) is 0 Å². The SMILES string of the molecule is COC(=O)Cc1cc(C)cc(Br)c1. The first-order valence-corrected chi connectivity index (χ1v) is 4.74. The number of ether oxygens (including phenoxy) is 1. The van der Waals surface area contributed by atoms with E-state index in [1.165, 1.54) is 7.11 Å². The molecule has 0 aliphatic heterocycles. The largest absolute Gasteiger partial charge is 0.469 e. The van der Waals surface area contributed by atoms with Gasteiger partial charge in [-0.05, 0) is 30.2 Å². The summed E-state index contributed by atoms with van der Waals surface area (Å²) >= 11 is 3.37. The Labute approximate surface area is 86.0 Å². The fraction of sp³-hybridized carbons (Fsp3) is 0.300. The summed E-state index contributed by atoms with van der Waals surface area (Å²) in [6, 6.07) is 5.90. The molecule has 0 saturated heterocycles. The number of carbonyl (C=O) groups excluding carboxylic acids is 1. The van der Waals surface area contributed by atoms with Crippen LogP contribution in [0, 0.1) is 6.92 Å². The molecule has 1 rings (SSSR count). The van der Waals surface area contributed by atoms with Crippen LogP contribution in [0.15, 0.2) is 22.7 Å². The van der Waals surface area contributed by atoms with Gasteiger partial charge in [0.2, 0.25) is 0 Å². The van der Waals surface area contributed by atoms with Gasteiger partial charge >= 0.3 is 5.97 Å². The van der Waals surface area contributed by atoms with Crippen molar-refractivity contribution in [1.29, 1.82) is 0 Å². The maximum atomic E-state index is 11.0. The van der Waals surface area contributed by atoms with Gasteiger partial charge < -0.3 is 4.74 Å². The normalized spacial score (nSPS) is 9.77. The second kappa shape index (κ2) is 4.42. The van der Waals surface area contributed by atoms with Gasteiger partial charge in [0.15, 0.2) is 0 Å². The Morgan fingerprint density at radius 3 is 2.69 bits per heavy atom. The lowest BCUT2D eigenvalue weighted by molar-refractivity contribution is -0.139. The molecule has 3 heteroatoms. The lowest BCUT2D eigenvalue weighted by Gasteiger charge is -2.02. The Kier molecular flexibility index (Phi) is 3.48. The number of esters is 1. The van der Waals surface area contributed by atoms with Crippen molar-refractivity contribution in [2.75, 3.05) is 7.11 Å². The molecule has 0 aromatic heterocycles. The fourth-order valence-electron chi connectivity index (χ4n) is 1.15. The predicted octanol–water partition coefficient (Wildman–Crippen LogP) is 2.47. The van der Waals surface area contributed by atoms with Crippen molar-refractivity contribution in [3.63, 3.8) is 0 Å². The summed E-state index contributed by atoms with van der Waals surface area (Å²) in [5.74, 6) is -0.211. The molecule has 0 aliphatic rings. The van der Waals surface area contributed by atoms with E-state index < -0.39 is 0 Å². The van der Waals surface area contributed by atoms with Crippen molar-refractivity contribution < 1.29 is 9.53 Å². The van der Waals surface area contributed by atoms with E-state index in [2.05, 4.69) is 20.7 Å². The Morgan fingerprint density at radius 2 is 2.15 bits per heavy atom. The molecule has 0 atom stereocenters. The highest BCUT2D eigenvalue weighted by Gasteiger charge is 2.03. The van der Waals surface area contributed by atoms with E-state index in [0.29, 0.717) is 6.42 Å². The number of methoxy groups -OCH3 is 1. The zero-order valence-corrected chi connectivity index (χ0v) is 9.22. The highest BCUT2D eigenvalue weighted by Crippen LogP contribution is 2.15. The van der Waals surface area contributed by atoms with Gasteiger partial charge in [0.1, 0.15) is 0 Å². The third-order valence-electron chi connectivity index (χ3n) is 1.68.